The van der Waals surface area contributed by atoms with E-state index in [2.05, 4.69) is 25.5 Å². The van der Waals surface area contributed by atoms with E-state index in [0.29, 0.717) is 39.9 Å². The van der Waals surface area contributed by atoms with Crippen LogP contribution in [0.25, 0.3) is 28.2 Å². The molecule has 8 aromatic rings. The Kier molecular flexibility index (Phi) is 10.0. The fourth-order valence-electron chi connectivity index (χ4n) is 5.35. The molecule has 0 radical (unpaired) electrons. The van der Waals surface area contributed by atoms with Gasteiger partial charge in [-0.2, -0.15) is 10.2 Å². The number of hydrogen-bond acceptors (Lipinski definition) is 8. The van der Waals surface area contributed by atoms with Crippen molar-refractivity contribution in [2.75, 3.05) is 11.1 Å². The van der Waals surface area contributed by atoms with Gasteiger partial charge in [0.2, 0.25) is 0 Å². The maximum Gasteiger partial charge on any atom is 0.255 e. The molecule has 0 saturated carbocycles. The van der Waals surface area contributed by atoms with Gasteiger partial charge in [0, 0.05) is 109 Å². The summed E-state index contributed by atoms with van der Waals surface area (Å²) >= 11 is 0. The van der Waals surface area contributed by atoms with Crippen molar-refractivity contribution in [3.63, 3.8) is 0 Å². The Hall–Kier alpha value is -7.47. The third-order valence-electron chi connectivity index (χ3n) is 7.92. The lowest BCUT2D eigenvalue weighted by atomic mass is 10.2. The second kappa shape index (κ2) is 15.6. The Bertz CT molecular complexity index is 2450. The Morgan fingerprint density at radius 3 is 1.74 bits per heavy atom. The van der Waals surface area contributed by atoms with E-state index >= 15 is 0 Å². The van der Waals surface area contributed by atoms with Crippen LogP contribution in [0.1, 0.15) is 10.4 Å². The van der Waals surface area contributed by atoms with E-state index in [0.717, 1.165) is 28.2 Å². The van der Waals surface area contributed by atoms with Crippen LogP contribution in [0.3, 0.4) is 0 Å². The van der Waals surface area contributed by atoms with Gasteiger partial charge >= 0.3 is 0 Å². The van der Waals surface area contributed by atoms with Crippen molar-refractivity contribution in [1.82, 2.24) is 34.1 Å². The van der Waals surface area contributed by atoms with Gasteiger partial charge < -0.3 is 25.1 Å². The first-order chi connectivity index (χ1) is 25.8. The van der Waals surface area contributed by atoms with Crippen molar-refractivity contribution in [1.29, 1.82) is 0 Å². The summed E-state index contributed by atoms with van der Waals surface area (Å²) in [5.41, 5.74) is 12.1. The molecule has 1 amide bonds. The predicted octanol–water partition coefficient (Wildman–Crippen LogP) is 8.17. The van der Waals surface area contributed by atoms with E-state index in [1.54, 1.807) is 52.4 Å². The largest absolute Gasteiger partial charge is 0.457 e. The number of carbonyl (C=O) groups is 1. The number of anilines is 2. The molecule has 0 saturated heterocycles. The molecule has 0 aliphatic rings. The van der Waals surface area contributed by atoms with Crippen LogP contribution in [0.15, 0.2) is 159 Å². The number of benzene rings is 3. The molecule has 53 heavy (non-hydrogen) atoms. The Morgan fingerprint density at radius 1 is 0.642 bits per heavy atom. The summed E-state index contributed by atoms with van der Waals surface area (Å²) in [7, 11) is 3.73. The summed E-state index contributed by atoms with van der Waals surface area (Å²) in [4.78, 5) is 21.4. The molecule has 262 valence electrons. The number of nitrogen functional groups attached to an aromatic ring is 1. The standard InChI is InChI=1S/C26H21N5O2.C15H14N4O/c1-30-18-20(17-28-30)25-16-24(11-12-27-25)33-23-6-4-5-21(15-23)29-26(32)19-7-9-22(10-8-19)31-13-2-3-14-31;1-19-10-11(9-18-19)15-8-14(5-6-17-15)20-13-4-2-3-12(16)7-13/h2-18H,1H3,(H,29,32);2-10H,16H2,1H3. The Labute approximate surface area is 305 Å². The van der Waals surface area contributed by atoms with Crippen molar-refractivity contribution in [3.05, 3.63) is 164 Å². The zero-order chi connectivity index (χ0) is 36.6. The summed E-state index contributed by atoms with van der Waals surface area (Å²) in [6.45, 7) is 0. The first kappa shape index (κ1) is 34.0. The number of aromatic nitrogens is 7. The van der Waals surface area contributed by atoms with Gasteiger partial charge in [-0.25, -0.2) is 0 Å². The smallest absolute Gasteiger partial charge is 0.255 e. The molecule has 0 aliphatic carbocycles. The van der Waals surface area contributed by atoms with Crippen LogP contribution in [0.5, 0.6) is 23.0 Å². The molecule has 5 aromatic heterocycles. The topological polar surface area (TPSA) is 140 Å². The Balaban J connectivity index is 0.000000186. The summed E-state index contributed by atoms with van der Waals surface area (Å²) < 4.78 is 17.2. The molecule has 5 heterocycles. The van der Waals surface area contributed by atoms with Crippen molar-refractivity contribution in [2.45, 2.75) is 0 Å². The lowest BCUT2D eigenvalue weighted by Crippen LogP contribution is -2.11. The highest BCUT2D eigenvalue weighted by atomic mass is 16.5. The number of hydrogen-bond donors (Lipinski definition) is 2. The van der Waals surface area contributed by atoms with E-state index in [1.807, 2.05) is 134 Å². The number of ether oxygens (including phenoxy) is 2. The van der Waals surface area contributed by atoms with Gasteiger partial charge in [-0.05, 0) is 72.8 Å². The van der Waals surface area contributed by atoms with Crippen molar-refractivity contribution in [2.24, 2.45) is 14.1 Å². The molecule has 8 rings (SSSR count). The average molecular weight is 702 g/mol. The summed E-state index contributed by atoms with van der Waals surface area (Å²) in [6.07, 6.45) is 14.7. The fraction of sp³-hybridized carbons (Fsp3) is 0.0488. The normalized spacial score (nSPS) is 10.6. The molecule has 3 aromatic carbocycles. The Morgan fingerprint density at radius 2 is 1.19 bits per heavy atom. The zero-order valence-electron chi connectivity index (χ0n) is 28.9. The maximum absolute atomic E-state index is 12.7. The predicted molar refractivity (Wildman–Crippen MR) is 204 cm³/mol. The molecular formula is C41H35N9O3. The van der Waals surface area contributed by atoms with Gasteiger partial charge in [0.05, 0.1) is 23.8 Å². The van der Waals surface area contributed by atoms with Crippen LogP contribution in [0.2, 0.25) is 0 Å². The summed E-state index contributed by atoms with van der Waals surface area (Å²) in [5, 5.41) is 11.3. The molecule has 3 N–H and O–H groups in total. The highest BCUT2D eigenvalue weighted by Crippen LogP contribution is 2.28. The van der Waals surface area contributed by atoms with Gasteiger partial charge in [0.1, 0.15) is 23.0 Å². The highest BCUT2D eigenvalue weighted by Gasteiger charge is 2.10. The number of nitrogens with one attached hydrogen (secondary N) is 1. The van der Waals surface area contributed by atoms with Gasteiger partial charge in [-0.1, -0.05) is 12.1 Å². The van der Waals surface area contributed by atoms with Gasteiger partial charge in [0.15, 0.2) is 0 Å². The van der Waals surface area contributed by atoms with Crippen molar-refractivity contribution >= 4 is 17.3 Å². The second-order valence-corrected chi connectivity index (χ2v) is 12.0. The first-order valence-corrected chi connectivity index (χ1v) is 16.6. The second-order valence-electron chi connectivity index (χ2n) is 12.0. The number of amides is 1. The number of nitrogens with zero attached hydrogens (tertiary/aromatic N) is 7. The third-order valence-corrected chi connectivity index (χ3v) is 7.92. The molecule has 12 nitrogen and oxygen atoms in total. The van der Waals surface area contributed by atoms with E-state index in [-0.39, 0.29) is 5.91 Å². The minimum absolute atomic E-state index is 0.186. The molecule has 0 bridgehead atoms. The summed E-state index contributed by atoms with van der Waals surface area (Å²) in [6, 6.07) is 33.3. The first-order valence-electron chi connectivity index (χ1n) is 16.6. The van der Waals surface area contributed by atoms with E-state index in [4.69, 9.17) is 15.2 Å². The van der Waals surface area contributed by atoms with E-state index < -0.39 is 0 Å². The molecule has 0 unspecified atom stereocenters. The molecule has 0 atom stereocenters. The third kappa shape index (κ3) is 8.83. The number of rotatable bonds is 9. The lowest BCUT2D eigenvalue weighted by molar-refractivity contribution is 0.102. The summed E-state index contributed by atoms with van der Waals surface area (Å²) in [5.74, 6) is 2.48. The average Bonchev–Trinajstić information content (AvgIpc) is 3.96. The quantitative estimate of drug-likeness (QED) is 0.144. The van der Waals surface area contributed by atoms with Crippen molar-refractivity contribution < 1.29 is 14.3 Å². The van der Waals surface area contributed by atoms with Crippen LogP contribution in [-0.2, 0) is 14.1 Å². The van der Waals surface area contributed by atoms with Crippen LogP contribution < -0.4 is 20.5 Å². The lowest BCUT2D eigenvalue weighted by Gasteiger charge is -2.10. The maximum atomic E-state index is 12.7. The number of carbonyl (C=O) groups excluding carboxylic acids is 1. The number of nitrogens with two attached hydrogens (primary N) is 1. The molecule has 0 fully saturated rings. The molecular weight excluding hydrogens is 667 g/mol. The van der Waals surface area contributed by atoms with Gasteiger partial charge in [-0.15, -0.1) is 0 Å². The zero-order valence-corrected chi connectivity index (χ0v) is 28.9. The van der Waals surface area contributed by atoms with Crippen LogP contribution >= 0.6 is 0 Å². The van der Waals surface area contributed by atoms with Gasteiger partial charge in [0.25, 0.3) is 5.91 Å². The minimum atomic E-state index is -0.186. The van der Waals surface area contributed by atoms with Crippen molar-refractivity contribution in [3.8, 4) is 51.2 Å². The van der Waals surface area contributed by atoms with E-state index in [9.17, 15) is 4.79 Å². The number of aryl methyl sites for hydroxylation is 2. The van der Waals surface area contributed by atoms with E-state index in [1.165, 1.54) is 0 Å². The highest BCUT2D eigenvalue weighted by molar-refractivity contribution is 6.04. The van der Waals surface area contributed by atoms with Crippen LogP contribution in [0, 0.1) is 0 Å². The minimum Gasteiger partial charge on any atom is -0.457 e. The molecule has 0 aliphatic heterocycles. The fourth-order valence-corrected chi connectivity index (χ4v) is 5.35. The molecule has 0 spiro atoms. The van der Waals surface area contributed by atoms with Gasteiger partial charge in [-0.3, -0.25) is 24.1 Å². The van der Waals surface area contributed by atoms with Crippen LogP contribution in [0.4, 0.5) is 11.4 Å². The molecule has 12 heteroatoms. The monoisotopic (exact) mass is 701 g/mol. The SMILES string of the molecule is Cn1cc(-c2cc(Oc3cccc(N)c3)ccn2)cn1.Cn1cc(-c2cc(Oc3cccc(NC(=O)c4ccc(-n5cccc5)cc4)c3)ccn2)cn1. The van der Waals surface area contributed by atoms with Crippen LogP contribution in [-0.4, -0.2) is 40.0 Å². The number of pyridine rings is 2.